The highest BCUT2D eigenvalue weighted by Crippen LogP contribution is 2.22. The molecule has 3 rings (SSSR count). The maximum absolute atomic E-state index is 5.92. The lowest BCUT2D eigenvalue weighted by Crippen LogP contribution is -2.07. The third-order valence-electron chi connectivity index (χ3n) is 3.35. The van der Waals surface area contributed by atoms with Gasteiger partial charge in [-0.2, -0.15) is 0 Å². The van der Waals surface area contributed by atoms with Gasteiger partial charge in [0.2, 0.25) is 0 Å². The van der Waals surface area contributed by atoms with E-state index in [4.69, 9.17) is 16.6 Å². The Morgan fingerprint density at radius 2 is 2.10 bits per heavy atom. The van der Waals surface area contributed by atoms with E-state index in [0.717, 1.165) is 35.0 Å². The normalized spacial score (nSPS) is 11.3. The molecule has 0 N–H and O–H groups in total. The molecule has 0 unspecified atom stereocenters. The van der Waals surface area contributed by atoms with Crippen molar-refractivity contribution in [2.45, 2.75) is 26.8 Å². The lowest BCUT2D eigenvalue weighted by molar-refractivity contribution is 0.739. The first kappa shape index (κ1) is 13.6. The fourth-order valence-electron chi connectivity index (χ4n) is 2.50. The maximum Gasteiger partial charge on any atom is 0.111 e. The van der Waals surface area contributed by atoms with Crippen LogP contribution in [0.3, 0.4) is 0 Å². The van der Waals surface area contributed by atoms with Gasteiger partial charge in [-0.3, -0.25) is 0 Å². The van der Waals surface area contributed by atoms with Gasteiger partial charge in [0.05, 0.1) is 28.3 Å². The van der Waals surface area contributed by atoms with Crippen LogP contribution >= 0.6 is 22.9 Å². The van der Waals surface area contributed by atoms with E-state index in [1.165, 1.54) is 11.1 Å². The van der Waals surface area contributed by atoms with Crippen LogP contribution in [0.25, 0.3) is 11.0 Å². The predicted octanol–water partition coefficient (Wildman–Crippen LogP) is 3.94. The molecule has 2 heterocycles. The van der Waals surface area contributed by atoms with E-state index in [0.29, 0.717) is 5.88 Å². The van der Waals surface area contributed by atoms with Gasteiger partial charge in [0.15, 0.2) is 0 Å². The molecule has 5 heteroatoms. The van der Waals surface area contributed by atoms with Crippen molar-refractivity contribution in [2.24, 2.45) is 0 Å². The van der Waals surface area contributed by atoms with Crippen molar-refractivity contribution in [3.8, 4) is 0 Å². The molecule has 0 saturated carbocycles. The van der Waals surface area contributed by atoms with E-state index in [9.17, 15) is 0 Å². The Balaban J connectivity index is 2.12. The summed E-state index contributed by atoms with van der Waals surface area (Å²) in [6.07, 6.45) is 0.777. The second-order valence-corrected chi connectivity index (χ2v) is 6.29. The van der Waals surface area contributed by atoms with Crippen molar-refractivity contribution in [1.82, 2.24) is 14.5 Å². The second kappa shape index (κ2) is 5.54. The maximum atomic E-state index is 5.92. The second-order valence-electron chi connectivity index (χ2n) is 4.85. The number of para-hydroxylation sites is 1. The largest absolute Gasteiger partial charge is 0.322 e. The summed E-state index contributed by atoms with van der Waals surface area (Å²) in [4.78, 5) is 9.28. The average Bonchev–Trinajstić information content (AvgIpc) is 2.96. The minimum absolute atomic E-state index is 0.582. The molecule has 0 radical (unpaired) electrons. The first-order chi connectivity index (χ1) is 9.69. The van der Waals surface area contributed by atoms with Crippen LogP contribution in [0.2, 0.25) is 0 Å². The van der Waals surface area contributed by atoms with Crippen LogP contribution in [0, 0.1) is 13.8 Å². The van der Waals surface area contributed by atoms with Gasteiger partial charge in [0.25, 0.3) is 0 Å². The summed E-state index contributed by atoms with van der Waals surface area (Å²) in [5, 5.41) is 3.21. The van der Waals surface area contributed by atoms with E-state index in [1.807, 2.05) is 13.0 Å². The highest BCUT2D eigenvalue weighted by atomic mass is 35.5. The summed E-state index contributed by atoms with van der Waals surface area (Å²) < 4.78 is 2.25. The number of benzene rings is 1. The van der Waals surface area contributed by atoms with Gasteiger partial charge in [-0.25, -0.2) is 9.97 Å². The first-order valence-corrected chi connectivity index (χ1v) is 8.02. The summed E-state index contributed by atoms with van der Waals surface area (Å²) in [6.45, 7) is 4.92. The smallest absolute Gasteiger partial charge is 0.111 e. The third kappa shape index (κ3) is 2.45. The van der Waals surface area contributed by atoms with Gasteiger partial charge in [0, 0.05) is 17.7 Å². The summed E-state index contributed by atoms with van der Waals surface area (Å²) in [5.41, 5.74) is 4.56. The number of hydrogen-bond donors (Lipinski definition) is 0. The molecular formula is C15H16ClN3S. The van der Waals surface area contributed by atoms with Crippen molar-refractivity contribution >= 4 is 34.0 Å². The quantitative estimate of drug-likeness (QED) is 0.684. The summed E-state index contributed by atoms with van der Waals surface area (Å²) in [7, 11) is 0. The van der Waals surface area contributed by atoms with Gasteiger partial charge in [-0.15, -0.1) is 22.9 Å². The molecule has 0 saturated heterocycles. The van der Waals surface area contributed by atoms with E-state index < -0.39 is 0 Å². The minimum Gasteiger partial charge on any atom is -0.322 e. The molecular weight excluding hydrogens is 290 g/mol. The Morgan fingerprint density at radius 3 is 2.80 bits per heavy atom. The Hall–Kier alpha value is -1.39. The number of thiazole rings is 1. The van der Waals surface area contributed by atoms with Crippen LogP contribution in [0.1, 0.15) is 22.1 Å². The number of hydrogen-bond acceptors (Lipinski definition) is 3. The fraction of sp³-hybridized carbons (Fsp3) is 0.333. The van der Waals surface area contributed by atoms with Gasteiger partial charge >= 0.3 is 0 Å². The van der Waals surface area contributed by atoms with Crippen molar-refractivity contribution in [3.63, 3.8) is 0 Å². The van der Waals surface area contributed by atoms with E-state index in [-0.39, 0.29) is 0 Å². The molecule has 20 heavy (non-hydrogen) atoms. The van der Waals surface area contributed by atoms with Crippen LogP contribution in [0.4, 0.5) is 0 Å². The van der Waals surface area contributed by atoms with Gasteiger partial charge < -0.3 is 4.57 Å². The number of aromatic nitrogens is 3. The molecule has 0 atom stereocenters. The molecule has 104 valence electrons. The monoisotopic (exact) mass is 305 g/mol. The van der Waals surface area contributed by atoms with Crippen LogP contribution in [0.15, 0.2) is 23.6 Å². The Labute approximate surface area is 127 Å². The number of aryl methyl sites for hydroxylation is 3. The van der Waals surface area contributed by atoms with E-state index in [2.05, 4.69) is 34.0 Å². The van der Waals surface area contributed by atoms with Crippen LogP contribution in [-0.2, 0) is 13.0 Å². The molecule has 3 nitrogen and oxygen atoms in total. The van der Waals surface area contributed by atoms with Crippen molar-refractivity contribution in [1.29, 1.82) is 0 Å². The predicted molar refractivity (Wildman–Crippen MR) is 84.8 cm³/mol. The van der Waals surface area contributed by atoms with Crippen molar-refractivity contribution in [2.75, 3.05) is 5.88 Å². The molecule has 0 aliphatic carbocycles. The molecule has 0 aliphatic heterocycles. The van der Waals surface area contributed by atoms with Gasteiger partial charge in [-0.05, 0) is 25.5 Å². The lowest BCUT2D eigenvalue weighted by Gasteiger charge is -2.08. The van der Waals surface area contributed by atoms with Crippen molar-refractivity contribution in [3.05, 3.63) is 45.7 Å². The highest BCUT2D eigenvalue weighted by Gasteiger charge is 2.13. The van der Waals surface area contributed by atoms with E-state index >= 15 is 0 Å². The number of nitrogens with zero attached hydrogens (tertiary/aromatic N) is 3. The number of rotatable bonds is 4. The first-order valence-electron chi connectivity index (χ1n) is 6.60. The SMILES string of the molecule is Cc1nc(Cn2c(CCCl)nc3cccc(C)c32)cs1. The summed E-state index contributed by atoms with van der Waals surface area (Å²) >= 11 is 7.60. The standard InChI is InChI=1S/C15H16ClN3S/c1-10-4-3-5-13-15(10)19(14(18-13)6-7-16)8-12-9-20-11(2)17-12/h3-5,9H,6-8H2,1-2H3. The zero-order valence-corrected chi connectivity index (χ0v) is 13.1. The van der Waals surface area contributed by atoms with Crippen LogP contribution < -0.4 is 0 Å². The molecule has 0 fully saturated rings. The Kier molecular flexibility index (Phi) is 3.76. The zero-order valence-electron chi connectivity index (χ0n) is 11.6. The molecule has 0 amide bonds. The molecule has 2 aromatic heterocycles. The molecule has 0 spiro atoms. The Morgan fingerprint density at radius 1 is 1.25 bits per heavy atom. The number of halogens is 1. The fourth-order valence-corrected chi connectivity index (χ4v) is 3.27. The summed E-state index contributed by atoms with van der Waals surface area (Å²) in [6, 6.07) is 6.23. The van der Waals surface area contributed by atoms with Crippen LogP contribution in [0.5, 0.6) is 0 Å². The lowest BCUT2D eigenvalue weighted by atomic mass is 10.2. The number of alkyl halides is 1. The van der Waals surface area contributed by atoms with E-state index in [1.54, 1.807) is 11.3 Å². The Bertz CT molecular complexity index is 745. The molecule has 1 aromatic carbocycles. The number of imidazole rings is 1. The van der Waals surface area contributed by atoms with Crippen molar-refractivity contribution < 1.29 is 0 Å². The molecule has 0 aliphatic rings. The topological polar surface area (TPSA) is 30.7 Å². The van der Waals surface area contributed by atoms with Crippen LogP contribution in [-0.4, -0.2) is 20.4 Å². The number of fused-ring (bicyclic) bond motifs is 1. The highest BCUT2D eigenvalue weighted by molar-refractivity contribution is 7.09. The zero-order chi connectivity index (χ0) is 14.1. The van der Waals surface area contributed by atoms with Gasteiger partial charge in [0.1, 0.15) is 5.82 Å². The van der Waals surface area contributed by atoms with Gasteiger partial charge in [-0.1, -0.05) is 12.1 Å². The summed E-state index contributed by atoms with van der Waals surface area (Å²) in [5.74, 6) is 1.62. The molecule has 3 aromatic rings. The average molecular weight is 306 g/mol. The molecule has 0 bridgehead atoms. The third-order valence-corrected chi connectivity index (χ3v) is 4.36. The minimum atomic E-state index is 0.582.